The van der Waals surface area contributed by atoms with Crippen LogP contribution in [0.4, 0.5) is 0 Å². The summed E-state index contributed by atoms with van der Waals surface area (Å²) in [6, 6.07) is 9.05. The van der Waals surface area contributed by atoms with E-state index in [-0.39, 0.29) is 11.7 Å². The Morgan fingerprint density at radius 3 is 2.68 bits per heavy atom. The SMILES string of the molecule is CCc1ccc(CNC(=O)c2ccc(I)c(O)c2)s1. The van der Waals surface area contributed by atoms with Gasteiger partial charge in [0, 0.05) is 15.3 Å². The Labute approximate surface area is 129 Å². The third-order valence-electron chi connectivity index (χ3n) is 2.70. The third-order valence-corrected chi connectivity index (χ3v) is 4.84. The van der Waals surface area contributed by atoms with Gasteiger partial charge < -0.3 is 10.4 Å². The van der Waals surface area contributed by atoms with Gasteiger partial charge in [-0.15, -0.1) is 11.3 Å². The first kappa shape index (κ1) is 14.3. The van der Waals surface area contributed by atoms with Gasteiger partial charge >= 0.3 is 0 Å². The van der Waals surface area contributed by atoms with Crippen molar-refractivity contribution in [2.45, 2.75) is 19.9 Å². The Hall–Kier alpha value is -1.08. The lowest BCUT2D eigenvalue weighted by Crippen LogP contribution is -2.22. The minimum absolute atomic E-state index is 0.137. The molecular formula is C14H14INO2S. The first-order chi connectivity index (χ1) is 9.10. The first-order valence-corrected chi connectivity index (χ1v) is 7.84. The van der Waals surface area contributed by atoms with Crippen molar-refractivity contribution in [3.63, 3.8) is 0 Å². The van der Waals surface area contributed by atoms with Gasteiger partial charge in [0.2, 0.25) is 0 Å². The lowest BCUT2D eigenvalue weighted by Gasteiger charge is -2.05. The van der Waals surface area contributed by atoms with Crippen molar-refractivity contribution in [1.82, 2.24) is 5.32 Å². The van der Waals surface area contributed by atoms with E-state index in [4.69, 9.17) is 0 Å². The molecule has 1 aromatic heterocycles. The normalized spacial score (nSPS) is 10.4. The number of benzene rings is 1. The van der Waals surface area contributed by atoms with Crippen LogP contribution in [0.15, 0.2) is 30.3 Å². The predicted molar refractivity (Wildman–Crippen MR) is 85.7 cm³/mol. The van der Waals surface area contributed by atoms with E-state index < -0.39 is 0 Å². The molecule has 0 fully saturated rings. The fraction of sp³-hybridized carbons (Fsp3) is 0.214. The number of thiophene rings is 1. The summed E-state index contributed by atoms with van der Waals surface area (Å²) in [5, 5.41) is 12.4. The van der Waals surface area contributed by atoms with Gasteiger partial charge in [0.05, 0.1) is 10.1 Å². The molecule has 0 aliphatic carbocycles. The monoisotopic (exact) mass is 387 g/mol. The van der Waals surface area contributed by atoms with Crippen LogP contribution >= 0.6 is 33.9 Å². The number of carbonyl (C=O) groups is 1. The van der Waals surface area contributed by atoms with Gasteiger partial charge in [0.15, 0.2) is 0 Å². The molecular weight excluding hydrogens is 373 g/mol. The standard InChI is InChI=1S/C14H14INO2S/c1-2-10-4-5-11(19-10)8-16-14(18)9-3-6-12(15)13(17)7-9/h3-7,17H,2,8H2,1H3,(H,16,18). The molecule has 0 saturated heterocycles. The minimum Gasteiger partial charge on any atom is -0.507 e. The van der Waals surface area contributed by atoms with E-state index in [2.05, 4.69) is 18.3 Å². The lowest BCUT2D eigenvalue weighted by molar-refractivity contribution is 0.0951. The van der Waals surface area contributed by atoms with Crippen LogP contribution in [0.5, 0.6) is 5.75 Å². The van der Waals surface area contributed by atoms with Crippen molar-refractivity contribution in [2.24, 2.45) is 0 Å². The fourth-order valence-electron chi connectivity index (χ4n) is 1.63. The average Bonchev–Trinajstić information content (AvgIpc) is 2.87. The zero-order chi connectivity index (χ0) is 13.8. The van der Waals surface area contributed by atoms with E-state index in [0.717, 1.165) is 14.9 Å². The van der Waals surface area contributed by atoms with Crippen LogP contribution in [0.2, 0.25) is 0 Å². The summed E-state index contributed by atoms with van der Waals surface area (Å²) in [5.41, 5.74) is 0.477. The first-order valence-electron chi connectivity index (χ1n) is 5.94. The molecule has 100 valence electrons. The average molecular weight is 387 g/mol. The Morgan fingerprint density at radius 2 is 2.05 bits per heavy atom. The Morgan fingerprint density at radius 1 is 1.32 bits per heavy atom. The Balaban J connectivity index is 1.99. The zero-order valence-electron chi connectivity index (χ0n) is 10.4. The van der Waals surface area contributed by atoms with Crippen molar-refractivity contribution in [1.29, 1.82) is 0 Å². The van der Waals surface area contributed by atoms with Crippen LogP contribution in [-0.2, 0) is 13.0 Å². The molecule has 2 aromatic rings. The zero-order valence-corrected chi connectivity index (χ0v) is 13.4. The molecule has 1 amide bonds. The number of aryl methyl sites for hydroxylation is 1. The molecule has 0 radical (unpaired) electrons. The molecule has 2 rings (SSSR count). The molecule has 5 heteroatoms. The predicted octanol–water partition coefficient (Wildman–Crippen LogP) is 3.55. The highest BCUT2D eigenvalue weighted by Gasteiger charge is 2.08. The summed E-state index contributed by atoms with van der Waals surface area (Å²) in [4.78, 5) is 14.4. The van der Waals surface area contributed by atoms with Gasteiger partial charge in [-0.25, -0.2) is 0 Å². The topological polar surface area (TPSA) is 49.3 Å². The third kappa shape index (κ3) is 3.70. The van der Waals surface area contributed by atoms with Crippen LogP contribution in [0, 0.1) is 3.57 Å². The van der Waals surface area contributed by atoms with E-state index in [0.29, 0.717) is 12.1 Å². The maximum Gasteiger partial charge on any atom is 0.251 e. The molecule has 0 aliphatic heterocycles. The number of phenols is 1. The van der Waals surface area contributed by atoms with Gasteiger partial charge in [-0.3, -0.25) is 4.79 Å². The smallest absolute Gasteiger partial charge is 0.251 e. The molecule has 19 heavy (non-hydrogen) atoms. The number of hydrogen-bond acceptors (Lipinski definition) is 3. The summed E-state index contributed by atoms with van der Waals surface area (Å²) < 4.78 is 0.736. The molecule has 1 aromatic carbocycles. The second-order valence-electron chi connectivity index (χ2n) is 4.07. The number of aromatic hydroxyl groups is 1. The van der Waals surface area contributed by atoms with E-state index >= 15 is 0 Å². The van der Waals surface area contributed by atoms with Crippen LogP contribution in [0.3, 0.4) is 0 Å². The van der Waals surface area contributed by atoms with E-state index in [1.807, 2.05) is 28.7 Å². The molecule has 0 aliphatic rings. The number of carbonyl (C=O) groups excluding carboxylic acids is 1. The molecule has 3 nitrogen and oxygen atoms in total. The van der Waals surface area contributed by atoms with Crippen molar-refractivity contribution in [3.8, 4) is 5.75 Å². The molecule has 0 spiro atoms. The van der Waals surface area contributed by atoms with Gasteiger partial charge in [-0.05, 0) is 59.3 Å². The second-order valence-corrected chi connectivity index (χ2v) is 6.49. The molecule has 0 unspecified atom stereocenters. The van der Waals surface area contributed by atoms with E-state index in [1.54, 1.807) is 23.5 Å². The maximum atomic E-state index is 11.9. The van der Waals surface area contributed by atoms with Crippen LogP contribution in [0.25, 0.3) is 0 Å². The molecule has 2 N–H and O–H groups in total. The highest BCUT2D eigenvalue weighted by atomic mass is 127. The maximum absolute atomic E-state index is 11.9. The summed E-state index contributed by atoms with van der Waals surface area (Å²) in [6.45, 7) is 2.64. The number of halogens is 1. The highest BCUT2D eigenvalue weighted by molar-refractivity contribution is 14.1. The lowest BCUT2D eigenvalue weighted by atomic mass is 10.2. The van der Waals surface area contributed by atoms with Gasteiger partial charge in [0.1, 0.15) is 5.75 Å². The Bertz CT molecular complexity index is 595. The fourth-order valence-corrected chi connectivity index (χ4v) is 2.86. The Kier molecular flexibility index (Phi) is 4.81. The number of nitrogens with one attached hydrogen (secondary N) is 1. The second kappa shape index (κ2) is 6.38. The summed E-state index contributed by atoms with van der Waals surface area (Å²) >= 11 is 3.73. The van der Waals surface area contributed by atoms with E-state index in [1.165, 1.54) is 10.9 Å². The van der Waals surface area contributed by atoms with Crippen molar-refractivity contribution < 1.29 is 9.90 Å². The van der Waals surface area contributed by atoms with Crippen molar-refractivity contribution in [3.05, 3.63) is 49.2 Å². The molecule has 0 bridgehead atoms. The van der Waals surface area contributed by atoms with Crippen LogP contribution < -0.4 is 5.32 Å². The van der Waals surface area contributed by atoms with Gasteiger partial charge in [-0.2, -0.15) is 0 Å². The summed E-state index contributed by atoms with van der Waals surface area (Å²) in [7, 11) is 0. The summed E-state index contributed by atoms with van der Waals surface area (Å²) in [5.74, 6) is -0.0317. The summed E-state index contributed by atoms with van der Waals surface area (Å²) in [6.07, 6.45) is 1.02. The number of rotatable bonds is 4. The van der Waals surface area contributed by atoms with Crippen molar-refractivity contribution >= 4 is 39.8 Å². The van der Waals surface area contributed by atoms with Crippen LogP contribution in [-0.4, -0.2) is 11.0 Å². The minimum atomic E-state index is -0.168. The van der Waals surface area contributed by atoms with Crippen molar-refractivity contribution in [2.75, 3.05) is 0 Å². The number of amides is 1. The van der Waals surface area contributed by atoms with Gasteiger partial charge in [-0.1, -0.05) is 6.92 Å². The molecule has 0 saturated carbocycles. The van der Waals surface area contributed by atoms with E-state index in [9.17, 15) is 9.90 Å². The van der Waals surface area contributed by atoms with Crippen LogP contribution in [0.1, 0.15) is 27.0 Å². The highest BCUT2D eigenvalue weighted by Crippen LogP contribution is 2.21. The number of hydrogen-bond donors (Lipinski definition) is 2. The van der Waals surface area contributed by atoms with Gasteiger partial charge in [0.25, 0.3) is 5.91 Å². The molecule has 0 atom stereocenters. The largest absolute Gasteiger partial charge is 0.507 e. The molecule has 1 heterocycles. The number of phenolic OH excluding ortho intramolecular Hbond substituents is 1. The quantitative estimate of drug-likeness (QED) is 0.789.